The first kappa shape index (κ1) is 10.7. The van der Waals surface area contributed by atoms with Gasteiger partial charge in [0.05, 0.1) is 5.69 Å². The third-order valence-electron chi connectivity index (χ3n) is 3.00. The van der Waals surface area contributed by atoms with Gasteiger partial charge in [0.15, 0.2) is 0 Å². The first-order chi connectivity index (χ1) is 7.25. The first-order valence-corrected chi connectivity index (χ1v) is 5.98. The molecular formula is C12H21N3. The number of hydrogen-bond acceptors (Lipinski definition) is 2. The van der Waals surface area contributed by atoms with E-state index in [-0.39, 0.29) is 0 Å². The van der Waals surface area contributed by atoms with Gasteiger partial charge in [0.25, 0.3) is 0 Å². The lowest BCUT2D eigenvalue weighted by molar-refractivity contribution is 0.619. The highest BCUT2D eigenvalue weighted by Gasteiger charge is 2.19. The van der Waals surface area contributed by atoms with Crippen LogP contribution in [-0.2, 0) is 13.5 Å². The van der Waals surface area contributed by atoms with Gasteiger partial charge in [0, 0.05) is 19.3 Å². The first-order valence-electron chi connectivity index (χ1n) is 5.98. The highest BCUT2D eigenvalue weighted by Crippen LogP contribution is 2.18. The topological polar surface area (TPSA) is 29.9 Å². The molecule has 1 N–H and O–H groups in total. The van der Waals surface area contributed by atoms with Crippen LogP contribution < -0.4 is 5.32 Å². The van der Waals surface area contributed by atoms with Crippen molar-refractivity contribution in [3.63, 3.8) is 0 Å². The summed E-state index contributed by atoms with van der Waals surface area (Å²) in [5.41, 5.74) is 2.59. The van der Waals surface area contributed by atoms with Crippen LogP contribution in [0.1, 0.15) is 36.9 Å². The predicted octanol–water partition coefficient (Wildman–Crippen LogP) is 1.80. The molecule has 3 nitrogen and oxygen atoms in total. The van der Waals surface area contributed by atoms with E-state index in [2.05, 4.69) is 23.5 Å². The zero-order valence-corrected chi connectivity index (χ0v) is 9.79. The summed E-state index contributed by atoms with van der Waals surface area (Å²) < 4.78 is 1.91. The normalized spacial score (nSPS) is 15.9. The van der Waals surface area contributed by atoms with Crippen molar-refractivity contribution in [2.75, 3.05) is 6.54 Å². The largest absolute Gasteiger partial charge is 0.314 e. The molecule has 84 valence electrons. The standard InChI is InChI=1S/C12H21N3/c1-10-11(9-15(2)14-10)5-3-4-8-13-12-6-7-12/h9,12-13H,3-8H2,1-2H3. The number of nitrogens with zero attached hydrogens (tertiary/aromatic N) is 2. The molecule has 15 heavy (non-hydrogen) atoms. The Balaban J connectivity index is 1.62. The van der Waals surface area contributed by atoms with E-state index in [1.165, 1.54) is 49.9 Å². The van der Waals surface area contributed by atoms with Crippen LogP contribution in [0.2, 0.25) is 0 Å². The third-order valence-corrected chi connectivity index (χ3v) is 3.00. The van der Waals surface area contributed by atoms with Crippen LogP contribution in [0.15, 0.2) is 6.20 Å². The van der Waals surface area contributed by atoms with Gasteiger partial charge < -0.3 is 5.32 Å². The maximum atomic E-state index is 4.35. The Morgan fingerprint density at radius 3 is 2.87 bits per heavy atom. The summed E-state index contributed by atoms with van der Waals surface area (Å²) in [6.07, 6.45) is 8.65. The fourth-order valence-corrected chi connectivity index (χ4v) is 1.93. The van der Waals surface area contributed by atoms with Crippen LogP contribution in [0, 0.1) is 6.92 Å². The maximum Gasteiger partial charge on any atom is 0.0625 e. The molecule has 0 aliphatic heterocycles. The Labute approximate surface area is 91.9 Å². The molecule has 0 atom stereocenters. The average Bonchev–Trinajstić information content (AvgIpc) is 2.94. The van der Waals surface area contributed by atoms with Gasteiger partial charge in [-0.15, -0.1) is 0 Å². The minimum atomic E-state index is 0.852. The molecule has 1 fully saturated rings. The van der Waals surface area contributed by atoms with E-state index in [0.717, 1.165) is 6.04 Å². The molecular weight excluding hydrogens is 186 g/mol. The van der Waals surface area contributed by atoms with Gasteiger partial charge in [-0.1, -0.05) is 0 Å². The minimum absolute atomic E-state index is 0.852. The van der Waals surface area contributed by atoms with Gasteiger partial charge in [-0.25, -0.2) is 0 Å². The summed E-state index contributed by atoms with van der Waals surface area (Å²) in [5.74, 6) is 0. The quantitative estimate of drug-likeness (QED) is 0.721. The van der Waals surface area contributed by atoms with Crippen molar-refractivity contribution < 1.29 is 0 Å². The maximum absolute atomic E-state index is 4.35. The van der Waals surface area contributed by atoms with Gasteiger partial charge in [0.2, 0.25) is 0 Å². The molecule has 1 aliphatic carbocycles. The second-order valence-electron chi connectivity index (χ2n) is 4.60. The van der Waals surface area contributed by atoms with Crippen LogP contribution in [0.4, 0.5) is 0 Å². The number of hydrogen-bond donors (Lipinski definition) is 1. The second-order valence-corrected chi connectivity index (χ2v) is 4.60. The third kappa shape index (κ3) is 3.34. The SMILES string of the molecule is Cc1nn(C)cc1CCCCNC1CC1. The van der Waals surface area contributed by atoms with Crippen molar-refractivity contribution >= 4 is 0 Å². The molecule has 0 unspecified atom stereocenters. The zero-order valence-electron chi connectivity index (χ0n) is 9.79. The Hall–Kier alpha value is -0.830. The van der Waals surface area contributed by atoms with E-state index >= 15 is 0 Å². The molecule has 1 aromatic rings. The van der Waals surface area contributed by atoms with Crippen LogP contribution in [-0.4, -0.2) is 22.4 Å². The smallest absolute Gasteiger partial charge is 0.0625 e. The number of aromatic nitrogens is 2. The van der Waals surface area contributed by atoms with Crippen molar-refractivity contribution in [1.82, 2.24) is 15.1 Å². The van der Waals surface area contributed by atoms with E-state index in [1.54, 1.807) is 0 Å². The highest BCUT2D eigenvalue weighted by molar-refractivity contribution is 5.15. The summed E-state index contributed by atoms with van der Waals surface area (Å²) in [6.45, 7) is 3.28. The molecule has 0 saturated heterocycles. The van der Waals surface area contributed by atoms with Crippen molar-refractivity contribution in [2.45, 2.75) is 45.1 Å². The van der Waals surface area contributed by atoms with Gasteiger partial charge in [-0.2, -0.15) is 5.10 Å². The van der Waals surface area contributed by atoms with Crippen LogP contribution in [0.5, 0.6) is 0 Å². The summed E-state index contributed by atoms with van der Waals surface area (Å²) in [6, 6.07) is 0.852. The van der Waals surface area contributed by atoms with Crippen molar-refractivity contribution in [1.29, 1.82) is 0 Å². The number of rotatable bonds is 6. The Kier molecular flexibility index (Phi) is 3.41. The molecule has 0 radical (unpaired) electrons. The Morgan fingerprint density at radius 1 is 1.47 bits per heavy atom. The van der Waals surface area contributed by atoms with Crippen LogP contribution in [0.3, 0.4) is 0 Å². The molecule has 1 aliphatic rings. The fourth-order valence-electron chi connectivity index (χ4n) is 1.93. The van der Waals surface area contributed by atoms with Gasteiger partial charge in [-0.05, 0) is 51.1 Å². The molecule has 2 rings (SSSR count). The van der Waals surface area contributed by atoms with Crippen LogP contribution in [0.25, 0.3) is 0 Å². The minimum Gasteiger partial charge on any atom is -0.314 e. The summed E-state index contributed by atoms with van der Waals surface area (Å²) >= 11 is 0. The Bertz CT molecular complexity index is 313. The lowest BCUT2D eigenvalue weighted by atomic mass is 10.1. The van der Waals surface area contributed by atoms with E-state index < -0.39 is 0 Å². The zero-order chi connectivity index (χ0) is 10.7. The van der Waals surface area contributed by atoms with Gasteiger partial charge in [0.1, 0.15) is 0 Å². The summed E-state index contributed by atoms with van der Waals surface area (Å²) in [5, 5.41) is 7.89. The van der Waals surface area contributed by atoms with E-state index in [0.29, 0.717) is 0 Å². The lowest BCUT2D eigenvalue weighted by Crippen LogP contribution is -2.17. The van der Waals surface area contributed by atoms with Gasteiger partial charge in [-0.3, -0.25) is 4.68 Å². The molecule has 0 aromatic carbocycles. The molecule has 1 aromatic heterocycles. The van der Waals surface area contributed by atoms with Crippen molar-refractivity contribution in [3.8, 4) is 0 Å². The van der Waals surface area contributed by atoms with Crippen LogP contribution >= 0.6 is 0 Å². The van der Waals surface area contributed by atoms with E-state index in [4.69, 9.17) is 0 Å². The Morgan fingerprint density at radius 2 is 2.27 bits per heavy atom. The van der Waals surface area contributed by atoms with E-state index in [9.17, 15) is 0 Å². The lowest BCUT2D eigenvalue weighted by Gasteiger charge is -2.01. The average molecular weight is 207 g/mol. The summed E-state index contributed by atoms with van der Waals surface area (Å²) in [7, 11) is 1.99. The number of aryl methyl sites for hydroxylation is 3. The molecule has 3 heteroatoms. The predicted molar refractivity (Wildman–Crippen MR) is 61.9 cm³/mol. The van der Waals surface area contributed by atoms with Crippen molar-refractivity contribution in [3.05, 3.63) is 17.5 Å². The molecule has 1 heterocycles. The molecule has 1 saturated carbocycles. The monoisotopic (exact) mass is 207 g/mol. The summed E-state index contributed by atoms with van der Waals surface area (Å²) in [4.78, 5) is 0. The van der Waals surface area contributed by atoms with E-state index in [1.807, 2.05) is 11.7 Å². The van der Waals surface area contributed by atoms with Crippen molar-refractivity contribution in [2.24, 2.45) is 7.05 Å². The number of unbranched alkanes of at least 4 members (excludes halogenated alkanes) is 1. The molecule has 0 amide bonds. The second kappa shape index (κ2) is 4.79. The number of nitrogens with one attached hydrogen (secondary N) is 1. The molecule has 0 spiro atoms. The highest BCUT2D eigenvalue weighted by atomic mass is 15.2. The molecule has 0 bridgehead atoms. The van der Waals surface area contributed by atoms with Gasteiger partial charge >= 0.3 is 0 Å². The fraction of sp³-hybridized carbons (Fsp3) is 0.750.